The normalized spacial score (nSPS) is 14.5. The van der Waals surface area contributed by atoms with Crippen molar-refractivity contribution in [3.63, 3.8) is 0 Å². The van der Waals surface area contributed by atoms with Crippen LogP contribution in [0.3, 0.4) is 0 Å². The van der Waals surface area contributed by atoms with Crippen LogP contribution in [0.4, 0.5) is 13.2 Å². The first-order valence-corrected chi connectivity index (χ1v) is 5.27. The Morgan fingerprint density at radius 1 is 1.47 bits per heavy atom. The number of esters is 1. The highest BCUT2D eigenvalue weighted by Crippen LogP contribution is 2.18. The van der Waals surface area contributed by atoms with Crippen LogP contribution in [0.1, 0.15) is 0 Å². The Bertz CT molecular complexity index is 372. The maximum Gasteiger partial charge on any atom is 0.490 e. The zero-order chi connectivity index (χ0) is 12.4. The molecule has 0 radical (unpaired) electrons. The van der Waals surface area contributed by atoms with Gasteiger partial charge in [0.2, 0.25) is 0 Å². The minimum Gasteiger partial charge on any atom is -0.435 e. The summed E-state index contributed by atoms with van der Waals surface area (Å²) in [6.45, 7) is 2.90. The second-order valence-corrected chi connectivity index (χ2v) is 4.63. The Morgan fingerprint density at radius 2 is 1.87 bits per heavy atom. The molecule has 9 heteroatoms. The summed E-state index contributed by atoms with van der Waals surface area (Å²) in [4.78, 5) is 9.44. The average molecular weight is 247 g/mol. The topological polar surface area (TPSA) is 86.5 Å². The Labute approximate surface area is 83.6 Å². The van der Waals surface area contributed by atoms with Gasteiger partial charge in [-0.25, -0.2) is 13.2 Å². The zero-order valence-electron chi connectivity index (χ0n) is 7.54. The molecule has 5 nitrogen and oxygen atoms in total. The first kappa shape index (κ1) is 13.9. The van der Waals surface area contributed by atoms with E-state index in [4.69, 9.17) is 5.73 Å². The van der Waals surface area contributed by atoms with Gasteiger partial charge in [-0.15, -0.1) is 0 Å². The summed E-state index contributed by atoms with van der Waals surface area (Å²) in [5.74, 6) is -2.57. The van der Waals surface area contributed by atoms with E-state index in [0.29, 0.717) is 6.26 Å². The van der Waals surface area contributed by atoms with Crippen LogP contribution in [0.15, 0.2) is 11.5 Å². The molecule has 0 bridgehead atoms. The molecule has 1 atom stereocenters. The molecule has 88 valence electrons. The van der Waals surface area contributed by atoms with E-state index in [0.717, 1.165) is 0 Å². The lowest BCUT2D eigenvalue weighted by Crippen LogP contribution is -2.37. The first-order valence-electron chi connectivity index (χ1n) is 3.38. The summed E-state index contributed by atoms with van der Waals surface area (Å²) in [7, 11) is -3.86. The molecule has 0 aliphatic rings. The van der Waals surface area contributed by atoms with Gasteiger partial charge in [0.15, 0.2) is 16.1 Å². The summed E-state index contributed by atoms with van der Waals surface area (Å²) in [6, 6.07) is 0. The Kier molecular flexibility index (Phi) is 3.88. The monoisotopic (exact) mass is 247 g/mol. The SMILES string of the molecule is C=C(C(N)OC(=O)C(F)(F)F)S(C)(=O)=O. The fourth-order valence-electron chi connectivity index (χ4n) is 0.459. The fourth-order valence-corrected chi connectivity index (χ4v) is 0.929. The van der Waals surface area contributed by atoms with Crippen LogP contribution in [0.5, 0.6) is 0 Å². The van der Waals surface area contributed by atoms with E-state index in [1.165, 1.54) is 0 Å². The number of carbonyl (C=O) groups is 1. The number of hydrogen-bond acceptors (Lipinski definition) is 5. The van der Waals surface area contributed by atoms with Gasteiger partial charge in [-0.3, -0.25) is 5.73 Å². The average Bonchev–Trinajstić information content (AvgIpc) is 1.99. The number of nitrogens with two attached hydrogens (primary N) is 1. The van der Waals surface area contributed by atoms with Crippen molar-refractivity contribution in [2.75, 3.05) is 6.26 Å². The quantitative estimate of drug-likeness (QED) is 0.557. The van der Waals surface area contributed by atoms with Gasteiger partial charge in [0.05, 0.1) is 4.91 Å². The molecule has 0 aromatic heterocycles. The van der Waals surface area contributed by atoms with E-state index >= 15 is 0 Å². The number of alkyl halides is 3. The molecule has 0 aromatic carbocycles. The molecular formula is C6H8F3NO4S. The van der Waals surface area contributed by atoms with Gasteiger partial charge in [-0.2, -0.15) is 13.2 Å². The lowest BCUT2D eigenvalue weighted by molar-refractivity contribution is -0.202. The summed E-state index contributed by atoms with van der Waals surface area (Å²) in [6.07, 6.45) is -6.58. The van der Waals surface area contributed by atoms with Crippen LogP contribution in [0.25, 0.3) is 0 Å². The molecule has 2 N–H and O–H groups in total. The number of rotatable bonds is 3. The molecule has 0 saturated carbocycles. The van der Waals surface area contributed by atoms with Crippen LogP contribution in [-0.4, -0.2) is 33.0 Å². The number of sulfone groups is 1. The maximum absolute atomic E-state index is 11.7. The summed E-state index contributed by atoms with van der Waals surface area (Å²) < 4.78 is 60.1. The van der Waals surface area contributed by atoms with Crippen LogP contribution < -0.4 is 5.73 Å². The molecule has 0 saturated heterocycles. The zero-order valence-corrected chi connectivity index (χ0v) is 8.35. The van der Waals surface area contributed by atoms with Crippen molar-refractivity contribution in [3.8, 4) is 0 Å². The molecule has 0 spiro atoms. The van der Waals surface area contributed by atoms with Crippen molar-refractivity contribution in [1.29, 1.82) is 0 Å². The number of carbonyl (C=O) groups excluding carboxylic acids is 1. The molecule has 0 aliphatic heterocycles. The van der Waals surface area contributed by atoms with Crippen molar-refractivity contribution in [2.45, 2.75) is 12.4 Å². The molecular weight excluding hydrogens is 239 g/mol. The summed E-state index contributed by atoms with van der Waals surface area (Å²) in [5.41, 5.74) is 4.88. The third-order valence-corrected chi connectivity index (χ3v) is 2.44. The number of hydrogen-bond donors (Lipinski definition) is 1. The number of ether oxygens (including phenoxy) is 1. The van der Waals surface area contributed by atoms with E-state index in [2.05, 4.69) is 11.3 Å². The van der Waals surface area contributed by atoms with Crippen molar-refractivity contribution in [2.24, 2.45) is 5.73 Å². The van der Waals surface area contributed by atoms with Crippen LogP contribution in [0.2, 0.25) is 0 Å². The highest BCUT2D eigenvalue weighted by Gasteiger charge is 2.42. The first-order chi connectivity index (χ1) is 6.46. The second-order valence-electron chi connectivity index (χ2n) is 2.56. The predicted octanol–water partition coefficient (Wildman–Crippen LogP) is -0.0650. The van der Waals surface area contributed by atoms with Crippen molar-refractivity contribution < 1.29 is 31.1 Å². The number of halogens is 3. The Morgan fingerprint density at radius 3 is 2.13 bits per heavy atom. The van der Waals surface area contributed by atoms with Gasteiger partial charge in [0, 0.05) is 6.26 Å². The molecule has 15 heavy (non-hydrogen) atoms. The molecule has 0 aromatic rings. The predicted molar refractivity (Wildman–Crippen MR) is 44.1 cm³/mol. The standard InChI is InChI=1S/C6H8F3NO4S/c1-3(15(2,12)13)4(10)14-5(11)6(7,8)9/h4H,1,10H2,2H3. The fraction of sp³-hybridized carbons (Fsp3) is 0.500. The van der Waals surface area contributed by atoms with E-state index in [1.54, 1.807) is 0 Å². The molecule has 0 rings (SSSR count). The van der Waals surface area contributed by atoms with E-state index in [-0.39, 0.29) is 0 Å². The van der Waals surface area contributed by atoms with Gasteiger partial charge >= 0.3 is 12.1 Å². The third-order valence-electron chi connectivity index (χ3n) is 1.26. The Hall–Kier alpha value is -1.09. The largest absolute Gasteiger partial charge is 0.490 e. The van der Waals surface area contributed by atoms with E-state index in [1.807, 2.05) is 0 Å². The van der Waals surface area contributed by atoms with Crippen LogP contribution >= 0.6 is 0 Å². The van der Waals surface area contributed by atoms with Crippen LogP contribution in [-0.2, 0) is 19.4 Å². The van der Waals surface area contributed by atoms with Crippen molar-refractivity contribution in [1.82, 2.24) is 0 Å². The lowest BCUT2D eigenvalue weighted by atomic mass is 10.5. The van der Waals surface area contributed by atoms with Gasteiger partial charge in [-0.1, -0.05) is 6.58 Å². The highest BCUT2D eigenvalue weighted by molar-refractivity contribution is 7.94. The van der Waals surface area contributed by atoms with Gasteiger partial charge < -0.3 is 4.74 Å². The van der Waals surface area contributed by atoms with Crippen molar-refractivity contribution in [3.05, 3.63) is 11.5 Å². The highest BCUT2D eigenvalue weighted by atomic mass is 32.2. The second kappa shape index (κ2) is 4.19. The minimum absolute atomic E-state index is 0.677. The minimum atomic E-state index is -5.23. The van der Waals surface area contributed by atoms with Gasteiger partial charge in [0.25, 0.3) is 0 Å². The van der Waals surface area contributed by atoms with Crippen molar-refractivity contribution >= 4 is 15.8 Å². The van der Waals surface area contributed by atoms with E-state index < -0.39 is 33.1 Å². The van der Waals surface area contributed by atoms with Crippen LogP contribution in [0, 0.1) is 0 Å². The smallest absolute Gasteiger partial charge is 0.435 e. The molecule has 0 heterocycles. The summed E-state index contributed by atoms with van der Waals surface area (Å²) in [5, 5.41) is 0. The van der Waals surface area contributed by atoms with E-state index in [9.17, 15) is 26.4 Å². The van der Waals surface area contributed by atoms with Gasteiger partial charge in [0.1, 0.15) is 0 Å². The third kappa shape index (κ3) is 4.30. The molecule has 0 aliphatic carbocycles. The summed E-state index contributed by atoms with van der Waals surface area (Å²) >= 11 is 0. The lowest BCUT2D eigenvalue weighted by Gasteiger charge is -2.15. The molecule has 0 fully saturated rings. The Balaban J connectivity index is 4.61. The maximum atomic E-state index is 11.7. The molecule has 0 amide bonds. The molecule has 1 unspecified atom stereocenters. The van der Waals surface area contributed by atoms with Gasteiger partial charge in [-0.05, 0) is 0 Å².